The van der Waals surface area contributed by atoms with Crippen molar-refractivity contribution in [2.75, 3.05) is 0 Å². The van der Waals surface area contributed by atoms with Crippen LogP contribution < -0.4 is 68.9 Å². The molecule has 0 radical (unpaired) electrons. The Kier molecular flexibility index (Phi) is 13.6. The van der Waals surface area contributed by atoms with Crippen molar-refractivity contribution in [1.29, 1.82) is 0 Å². The smallest absolute Gasteiger partial charge is 0.565 e. The van der Waals surface area contributed by atoms with Crippen LogP contribution in [0.4, 0.5) is 0 Å². The average Bonchev–Trinajstić information content (AvgIpc) is 1.68. The number of aliphatic hydroxyl groups is 1. The predicted octanol–water partition coefficient (Wildman–Crippen LogP) is -1.26. The van der Waals surface area contributed by atoms with Crippen molar-refractivity contribution in [3.05, 3.63) is 18.8 Å². The molecule has 0 aliphatic rings. The number of hydrogen-bond donors (Lipinski definition) is 1. The van der Waals surface area contributed by atoms with Crippen molar-refractivity contribution in [2.24, 2.45) is 5.92 Å². The summed E-state index contributed by atoms with van der Waals surface area (Å²) in [6.45, 7) is 5.01. The maximum atomic E-state index is 8.29. The topological polar surface area (TPSA) is 20.2 Å². The maximum Gasteiger partial charge on any atom is 1.00 e. The molecule has 0 bridgehead atoms. The van der Waals surface area contributed by atoms with Crippen molar-refractivity contribution < 1.29 is 74.0 Å². The Balaban J connectivity index is 0. The van der Waals surface area contributed by atoms with E-state index in [9.17, 15) is 0 Å². The van der Waals surface area contributed by atoms with Gasteiger partial charge in [0, 0.05) is 0 Å². The van der Waals surface area contributed by atoms with Gasteiger partial charge in [-0.25, -0.2) is 6.61 Å². The summed E-state index contributed by atoms with van der Waals surface area (Å²) in [4.78, 5) is 0. The fourth-order valence-corrected chi connectivity index (χ4v) is 0.353. The quantitative estimate of drug-likeness (QED) is 0.465. The molecule has 0 aromatic carbocycles. The van der Waals surface area contributed by atoms with Crippen LogP contribution in [0, 0.1) is 12.5 Å². The van der Waals surface area contributed by atoms with Crippen molar-refractivity contribution in [3.8, 4) is 0 Å². The first kappa shape index (κ1) is 12.4. The van der Waals surface area contributed by atoms with Gasteiger partial charge in [-0.1, -0.05) is 13.0 Å². The van der Waals surface area contributed by atoms with E-state index in [1.54, 1.807) is 0 Å². The van der Waals surface area contributed by atoms with Crippen LogP contribution in [0.2, 0.25) is 0 Å². The molecule has 42 valence electrons. The van der Waals surface area contributed by atoms with Crippen LogP contribution in [0.25, 0.3) is 0 Å². The van der Waals surface area contributed by atoms with Crippen molar-refractivity contribution in [1.82, 2.24) is 0 Å². The third-order valence-electron chi connectivity index (χ3n) is 0.731. The first-order valence-corrected chi connectivity index (χ1v) is 2.41. The average molecular weight is 232 g/mol. The van der Waals surface area contributed by atoms with E-state index in [-0.39, 0.29) is 74.8 Å². The van der Waals surface area contributed by atoms with Crippen LogP contribution in [-0.2, 0) is 0 Å². The summed E-state index contributed by atoms with van der Waals surface area (Å²) in [5.74, 6) is 0.199. The Morgan fingerprint density at radius 3 is 2.25 bits per heavy atom. The van der Waals surface area contributed by atoms with Gasteiger partial charge in [0.2, 0.25) is 0 Å². The SMILES string of the molecule is CC=C[C@@H](C)[CH-]O.[Cs+]. The molecular formula is C6H11CsO. The van der Waals surface area contributed by atoms with Crippen LogP contribution in [0.15, 0.2) is 12.2 Å². The summed E-state index contributed by atoms with van der Waals surface area (Å²) in [6.07, 6.45) is 3.83. The molecule has 0 saturated carbocycles. The molecule has 0 aromatic rings. The normalized spacial score (nSPS) is 13.4. The van der Waals surface area contributed by atoms with Gasteiger partial charge in [0.15, 0.2) is 0 Å². The molecule has 0 aliphatic heterocycles. The summed E-state index contributed by atoms with van der Waals surface area (Å²) in [5.41, 5.74) is 0. The van der Waals surface area contributed by atoms with Crippen LogP contribution >= 0.6 is 0 Å². The van der Waals surface area contributed by atoms with E-state index in [0.29, 0.717) is 0 Å². The molecule has 8 heavy (non-hydrogen) atoms. The molecule has 0 aromatic heterocycles. The Bertz CT molecular complexity index is 61.5. The molecule has 0 unspecified atom stereocenters. The second kappa shape index (κ2) is 8.75. The van der Waals surface area contributed by atoms with Gasteiger partial charge in [0.1, 0.15) is 0 Å². The minimum atomic E-state index is 0. The van der Waals surface area contributed by atoms with Gasteiger partial charge in [-0.2, -0.15) is 0 Å². The minimum absolute atomic E-state index is 0. The zero-order chi connectivity index (χ0) is 5.70. The van der Waals surface area contributed by atoms with Gasteiger partial charge < -0.3 is 5.11 Å². The molecule has 1 atom stereocenters. The summed E-state index contributed by atoms with van der Waals surface area (Å²) in [6, 6.07) is 0. The van der Waals surface area contributed by atoms with Crippen molar-refractivity contribution in [3.63, 3.8) is 0 Å². The van der Waals surface area contributed by atoms with Gasteiger partial charge in [0.05, 0.1) is 0 Å². The second-order valence-electron chi connectivity index (χ2n) is 1.53. The standard InChI is InChI=1S/C6H11O.Cs/c1-3-4-6(2)5-7;/h3-7H,1-2H3;/q-1;+1/t6-;/m1./s1. The third kappa shape index (κ3) is 7.75. The monoisotopic (exact) mass is 232 g/mol. The molecule has 0 heterocycles. The minimum Gasteiger partial charge on any atom is -0.565 e. The van der Waals surface area contributed by atoms with E-state index in [1.807, 2.05) is 26.0 Å². The van der Waals surface area contributed by atoms with Gasteiger partial charge in [-0.3, -0.25) is 0 Å². The molecule has 1 nitrogen and oxygen atoms in total. The van der Waals surface area contributed by atoms with E-state index in [0.717, 1.165) is 0 Å². The number of aliphatic hydroxyl groups excluding tert-OH is 1. The van der Waals surface area contributed by atoms with Crippen LogP contribution in [0.3, 0.4) is 0 Å². The zero-order valence-electron chi connectivity index (χ0n) is 5.76. The van der Waals surface area contributed by atoms with E-state index in [2.05, 4.69) is 0 Å². The van der Waals surface area contributed by atoms with Crippen molar-refractivity contribution >= 4 is 0 Å². The van der Waals surface area contributed by atoms with Crippen LogP contribution in [0.5, 0.6) is 0 Å². The third-order valence-corrected chi connectivity index (χ3v) is 0.731. The van der Waals surface area contributed by atoms with Gasteiger partial charge in [-0.05, 0) is 6.92 Å². The summed E-state index contributed by atoms with van der Waals surface area (Å²) >= 11 is 0. The van der Waals surface area contributed by atoms with E-state index in [4.69, 9.17) is 5.11 Å². The number of hydrogen-bond acceptors (Lipinski definition) is 1. The summed E-state index contributed by atoms with van der Waals surface area (Å²) in [5, 5.41) is 8.29. The molecule has 0 fully saturated rings. The first-order chi connectivity index (χ1) is 3.31. The summed E-state index contributed by atoms with van der Waals surface area (Å²) in [7, 11) is 0. The molecule has 0 saturated heterocycles. The van der Waals surface area contributed by atoms with E-state index in [1.165, 1.54) is 6.61 Å². The molecule has 1 N–H and O–H groups in total. The molecular weight excluding hydrogens is 221 g/mol. The molecule has 0 aliphatic carbocycles. The molecule has 2 heteroatoms. The summed E-state index contributed by atoms with van der Waals surface area (Å²) < 4.78 is 0. The molecule has 0 spiro atoms. The molecule has 0 rings (SSSR count). The number of rotatable bonds is 2. The molecule has 0 amide bonds. The predicted molar refractivity (Wildman–Crippen MR) is 30.2 cm³/mol. The fourth-order valence-electron chi connectivity index (χ4n) is 0.353. The Labute approximate surface area is 110 Å². The Morgan fingerprint density at radius 2 is 2.12 bits per heavy atom. The second-order valence-corrected chi connectivity index (χ2v) is 1.53. The van der Waals surface area contributed by atoms with Crippen LogP contribution in [-0.4, -0.2) is 5.11 Å². The van der Waals surface area contributed by atoms with E-state index >= 15 is 0 Å². The van der Waals surface area contributed by atoms with Gasteiger partial charge in [-0.15, -0.1) is 12.0 Å². The Hall–Kier alpha value is 1.75. The number of allylic oxidation sites excluding steroid dienone is 1. The largest absolute Gasteiger partial charge is 1.00 e. The van der Waals surface area contributed by atoms with Gasteiger partial charge >= 0.3 is 68.9 Å². The first-order valence-electron chi connectivity index (χ1n) is 2.41. The van der Waals surface area contributed by atoms with E-state index < -0.39 is 0 Å². The Morgan fingerprint density at radius 1 is 1.62 bits per heavy atom. The maximum absolute atomic E-state index is 8.29. The van der Waals surface area contributed by atoms with Crippen molar-refractivity contribution in [2.45, 2.75) is 13.8 Å². The fraction of sp³-hybridized carbons (Fsp3) is 0.500. The van der Waals surface area contributed by atoms with Crippen LogP contribution in [0.1, 0.15) is 13.8 Å². The van der Waals surface area contributed by atoms with Gasteiger partial charge in [0.25, 0.3) is 0 Å². The zero-order valence-corrected chi connectivity index (χ0v) is 12.0.